The summed E-state index contributed by atoms with van der Waals surface area (Å²) in [6.07, 6.45) is 2.69. The second kappa shape index (κ2) is 9.67. The molecule has 1 fully saturated rings. The number of alkyl halides is 2. The second-order valence-electron chi connectivity index (χ2n) is 6.49. The van der Waals surface area contributed by atoms with Crippen molar-refractivity contribution in [1.82, 2.24) is 9.80 Å². The smallest absolute Gasteiger partial charge is 0.387 e. The van der Waals surface area contributed by atoms with E-state index in [9.17, 15) is 22.8 Å². The number of amides is 2. The van der Waals surface area contributed by atoms with Gasteiger partial charge >= 0.3 is 6.61 Å². The molecule has 0 radical (unpaired) electrons. The highest BCUT2D eigenvalue weighted by atomic mass is 35.5. The van der Waals surface area contributed by atoms with Crippen molar-refractivity contribution in [3.8, 4) is 5.75 Å². The first-order valence-electron chi connectivity index (χ1n) is 9.10. The highest BCUT2D eigenvalue weighted by Gasteiger charge is 2.25. The van der Waals surface area contributed by atoms with Gasteiger partial charge in [-0.3, -0.25) is 9.59 Å². The van der Waals surface area contributed by atoms with Gasteiger partial charge in [-0.1, -0.05) is 29.8 Å². The van der Waals surface area contributed by atoms with Crippen LogP contribution in [0.5, 0.6) is 5.75 Å². The summed E-state index contributed by atoms with van der Waals surface area (Å²) in [6, 6.07) is 9.73. The standard InChI is InChI=1S/C21H18ClF3N2O3/c22-17-13-15(23)6-7-16(17)20(29)27-11-9-26(10-12-27)19(28)8-5-14-3-1-2-4-18(14)30-21(24)25/h1-8,13,21H,9-12H2/b8-5+. The Morgan fingerprint density at radius 1 is 1.03 bits per heavy atom. The van der Waals surface area contributed by atoms with E-state index in [0.29, 0.717) is 18.7 Å². The van der Waals surface area contributed by atoms with E-state index in [2.05, 4.69) is 4.74 Å². The fourth-order valence-electron chi connectivity index (χ4n) is 3.05. The molecule has 0 aromatic heterocycles. The van der Waals surface area contributed by atoms with Crippen molar-refractivity contribution in [2.75, 3.05) is 26.2 Å². The van der Waals surface area contributed by atoms with Gasteiger partial charge in [-0.2, -0.15) is 8.78 Å². The Bertz CT molecular complexity index is 960. The molecule has 0 N–H and O–H groups in total. The van der Waals surface area contributed by atoms with E-state index in [1.54, 1.807) is 28.0 Å². The van der Waals surface area contributed by atoms with E-state index in [-0.39, 0.29) is 41.2 Å². The van der Waals surface area contributed by atoms with E-state index in [0.717, 1.165) is 6.07 Å². The van der Waals surface area contributed by atoms with Gasteiger partial charge in [0.2, 0.25) is 5.91 Å². The Balaban J connectivity index is 1.59. The number of nitrogens with zero attached hydrogens (tertiary/aromatic N) is 2. The summed E-state index contributed by atoms with van der Waals surface area (Å²) in [5.41, 5.74) is 0.555. The molecule has 0 bridgehead atoms. The molecule has 0 spiro atoms. The number of piperazine rings is 1. The first-order chi connectivity index (χ1) is 14.3. The zero-order valence-electron chi connectivity index (χ0n) is 15.7. The molecule has 2 amide bonds. The van der Waals surface area contributed by atoms with Crippen LogP contribution in [-0.2, 0) is 4.79 Å². The lowest BCUT2D eigenvalue weighted by atomic mass is 10.1. The fraction of sp³-hybridized carbons (Fsp3) is 0.238. The number of ether oxygens (including phenoxy) is 1. The van der Waals surface area contributed by atoms with Crippen LogP contribution in [-0.4, -0.2) is 54.4 Å². The number of hydrogen-bond acceptors (Lipinski definition) is 3. The molecule has 0 atom stereocenters. The van der Waals surface area contributed by atoms with Crippen molar-refractivity contribution in [1.29, 1.82) is 0 Å². The van der Waals surface area contributed by atoms with Gasteiger partial charge in [-0.05, 0) is 30.3 Å². The minimum atomic E-state index is -2.96. The molecule has 1 aliphatic rings. The topological polar surface area (TPSA) is 49.9 Å². The van der Waals surface area contributed by atoms with E-state index in [1.165, 1.54) is 30.4 Å². The van der Waals surface area contributed by atoms with Crippen molar-refractivity contribution in [3.63, 3.8) is 0 Å². The molecule has 5 nitrogen and oxygen atoms in total. The van der Waals surface area contributed by atoms with Crippen LogP contribution in [0.15, 0.2) is 48.5 Å². The minimum Gasteiger partial charge on any atom is -0.434 e. The quantitative estimate of drug-likeness (QED) is 0.661. The van der Waals surface area contributed by atoms with Crippen LogP contribution < -0.4 is 4.74 Å². The van der Waals surface area contributed by atoms with Gasteiger partial charge in [-0.25, -0.2) is 4.39 Å². The van der Waals surface area contributed by atoms with Gasteiger partial charge in [0.15, 0.2) is 0 Å². The summed E-state index contributed by atoms with van der Waals surface area (Å²) in [7, 11) is 0. The van der Waals surface area contributed by atoms with Gasteiger partial charge in [0.1, 0.15) is 11.6 Å². The molecule has 2 aromatic carbocycles. The van der Waals surface area contributed by atoms with Crippen LogP contribution >= 0.6 is 11.6 Å². The van der Waals surface area contributed by atoms with Gasteiger partial charge in [0.05, 0.1) is 10.6 Å². The summed E-state index contributed by atoms with van der Waals surface area (Å²) in [6.45, 7) is -1.80. The van der Waals surface area contributed by atoms with Crippen molar-refractivity contribution in [3.05, 3.63) is 70.5 Å². The molecular weight excluding hydrogens is 421 g/mol. The molecule has 1 heterocycles. The third-order valence-corrected chi connectivity index (χ3v) is 4.89. The van der Waals surface area contributed by atoms with E-state index < -0.39 is 12.4 Å². The average molecular weight is 439 g/mol. The molecule has 1 saturated heterocycles. The lowest BCUT2D eigenvalue weighted by Crippen LogP contribution is -2.50. The van der Waals surface area contributed by atoms with Crippen LogP contribution in [0.25, 0.3) is 6.08 Å². The van der Waals surface area contributed by atoms with Crippen molar-refractivity contribution < 1.29 is 27.5 Å². The van der Waals surface area contributed by atoms with Gasteiger partial charge in [0, 0.05) is 37.8 Å². The van der Waals surface area contributed by atoms with Gasteiger partial charge in [0.25, 0.3) is 5.91 Å². The van der Waals surface area contributed by atoms with Crippen molar-refractivity contribution in [2.45, 2.75) is 6.61 Å². The summed E-state index contributed by atoms with van der Waals surface area (Å²) >= 11 is 5.95. The number of benzene rings is 2. The predicted molar refractivity (Wildman–Crippen MR) is 106 cm³/mol. The van der Waals surface area contributed by atoms with E-state index >= 15 is 0 Å². The molecule has 2 aromatic rings. The maximum Gasteiger partial charge on any atom is 0.387 e. The van der Waals surface area contributed by atoms with Crippen molar-refractivity contribution >= 4 is 29.5 Å². The number of rotatable bonds is 5. The van der Waals surface area contributed by atoms with Crippen LogP contribution in [0.1, 0.15) is 15.9 Å². The predicted octanol–water partition coefficient (Wildman–Crippen LogP) is 4.08. The Hall–Kier alpha value is -3.00. The summed E-state index contributed by atoms with van der Waals surface area (Å²) in [5, 5.41) is 0.0334. The first kappa shape index (κ1) is 21.7. The minimum absolute atomic E-state index is 0.0249. The number of carbonyl (C=O) groups is 2. The molecule has 30 heavy (non-hydrogen) atoms. The monoisotopic (exact) mass is 438 g/mol. The largest absolute Gasteiger partial charge is 0.434 e. The maximum atomic E-state index is 13.2. The Morgan fingerprint density at radius 2 is 1.70 bits per heavy atom. The van der Waals surface area contributed by atoms with Crippen LogP contribution in [0, 0.1) is 5.82 Å². The molecule has 0 aliphatic carbocycles. The third-order valence-electron chi connectivity index (χ3n) is 4.58. The average Bonchev–Trinajstić information content (AvgIpc) is 2.72. The van der Waals surface area contributed by atoms with E-state index in [1.807, 2.05) is 0 Å². The number of carbonyl (C=O) groups excluding carboxylic acids is 2. The normalized spacial score (nSPS) is 14.4. The molecule has 9 heteroatoms. The lowest BCUT2D eigenvalue weighted by molar-refractivity contribution is -0.127. The van der Waals surface area contributed by atoms with Crippen molar-refractivity contribution in [2.24, 2.45) is 0 Å². The van der Waals surface area contributed by atoms with Crippen LogP contribution in [0.4, 0.5) is 13.2 Å². The Morgan fingerprint density at radius 3 is 2.37 bits per heavy atom. The van der Waals surface area contributed by atoms with Gasteiger partial charge in [-0.15, -0.1) is 0 Å². The molecule has 0 unspecified atom stereocenters. The third kappa shape index (κ3) is 5.33. The molecule has 158 valence electrons. The summed E-state index contributed by atoms with van der Waals surface area (Å²) < 4.78 is 42.6. The highest BCUT2D eigenvalue weighted by molar-refractivity contribution is 6.33. The molecular formula is C21H18ClF3N2O3. The van der Waals surface area contributed by atoms with Crippen LogP contribution in [0.3, 0.4) is 0 Å². The summed E-state index contributed by atoms with van der Waals surface area (Å²) in [5.74, 6) is -1.20. The van der Waals surface area contributed by atoms with Gasteiger partial charge < -0.3 is 14.5 Å². The Kier molecular flexibility index (Phi) is 6.99. The zero-order valence-corrected chi connectivity index (χ0v) is 16.5. The fourth-order valence-corrected chi connectivity index (χ4v) is 3.30. The SMILES string of the molecule is O=C(/C=C/c1ccccc1OC(F)F)N1CCN(C(=O)c2ccc(F)cc2Cl)CC1. The summed E-state index contributed by atoms with van der Waals surface area (Å²) in [4.78, 5) is 28.1. The van der Waals surface area contributed by atoms with Crippen LogP contribution in [0.2, 0.25) is 5.02 Å². The Labute approximate surface area is 176 Å². The zero-order chi connectivity index (χ0) is 21.7. The molecule has 3 rings (SSSR count). The molecule has 0 saturated carbocycles. The lowest BCUT2D eigenvalue weighted by Gasteiger charge is -2.34. The second-order valence-corrected chi connectivity index (χ2v) is 6.90. The number of para-hydroxylation sites is 1. The maximum absolute atomic E-state index is 13.2. The number of halogens is 4. The molecule has 1 aliphatic heterocycles. The van der Waals surface area contributed by atoms with E-state index in [4.69, 9.17) is 11.6 Å². The number of hydrogen-bond donors (Lipinski definition) is 0. The first-order valence-corrected chi connectivity index (χ1v) is 9.48. The highest BCUT2D eigenvalue weighted by Crippen LogP contribution is 2.22.